The number of carbonyl (C=O) groups excluding carboxylic acids is 1. The zero-order valence-electron chi connectivity index (χ0n) is 8.74. The van der Waals surface area contributed by atoms with E-state index >= 15 is 0 Å². The van der Waals surface area contributed by atoms with E-state index in [1.165, 1.54) is 7.11 Å². The Morgan fingerprint density at radius 3 is 2.64 bits per heavy atom. The van der Waals surface area contributed by atoms with Gasteiger partial charge in [0.25, 0.3) is 5.91 Å². The Kier molecular flexibility index (Phi) is 3.47. The van der Waals surface area contributed by atoms with Crippen LogP contribution in [0.15, 0.2) is 0 Å². The van der Waals surface area contributed by atoms with Crippen molar-refractivity contribution in [3.8, 4) is 0 Å². The van der Waals surface area contributed by atoms with E-state index in [1.54, 1.807) is 13.8 Å². The Bertz CT molecular complexity index is 217. The van der Waals surface area contributed by atoms with Gasteiger partial charge in [0.2, 0.25) is 0 Å². The van der Waals surface area contributed by atoms with Crippen LogP contribution >= 0.6 is 0 Å². The molecule has 5 nitrogen and oxygen atoms in total. The molecule has 0 aliphatic carbocycles. The van der Waals surface area contributed by atoms with Gasteiger partial charge in [-0.3, -0.25) is 4.79 Å². The van der Waals surface area contributed by atoms with Crippen molar-refractivity contribution in [3.63, 3.8) is 0 Å². The summed E-state index contributed by atoms with van der Waals surface area (Å²) in [4.78, 5) is 11.6. The summed E-state index contributed by atoms with van der Waals surface area (Å²) in [6, 6.07) is -0.322. The van der Waals surface area contributed by atoms with Gasteiger partial charge < -0.3 is 19.9 Å². The molecule has 1 heterocycles. The number of aliphatic hydroxyl groups is 1. The van der Waals surface area contributed by atoms with E-state index in [4.69, 9.17) is 9.47 Å². The minimum Gasteiger partial charge on any atom is -0.388 e. The van der Waals surface area contributed by atoms with E-state index < -0.39 is 11.7 Å². The van der Waals surface area contributed by atoms with E-state index in [0.717, 1.165) is 0 Å². The third-order valence-electron chi connectivity index (χ3n) is 2.42. The number of aliphatic hydroxyl groups excluding tert-OH is 1. The molecule has 0 radical (unpaired) electrons. The lowest BCUT2D eigenvalue weighted by molar-refractivity contribution is -0.140. The number of amides is 1. The van der Waals surface area contributed by atoms with Gasteiger partial charge in [-0.05, 0) is 13.8 Å². The average molecular weight is 203 g/mol. The van der Waals surface area contributed by atoms with Gasteiger partial charge in [-0.25, -0.2) is 0 Å². The maximum Gasteiger partial charge on any atom is 0.252 e. The van der Waals surface area contributed by atoms with Crippen LogP contribution in [0.1, 0.15) is 13.8 Å². The molecule has 0 saturated carbocycles. The maximum absolute atomic E-state index is 11.6. The molecule has 2 N–H and O–H groups in total. The van der Waals surface area contributed by atoms with Gasteiger partial charge in [-0.2, -0.15) is 0 Å². The number of methoxy groups -OCH3 is 1. The number of hydrogen-bond donors (Lipinski definition) is 2. The van der Waals surface area contributed by atoms with Gasteiger partial charge in [0.15, 0.2) is 0 Å². The molecule has 2 atom stereocenters. The molecular weight excluding hydrogens is 186 g/mol. The predicted molar refractivity (Wildman–Crippen MR) is 49.8 cm³/mol. The fourth-order valence-corrected chi connectivity index (χ4v) is 1.12. The highest BCUT2D eigenvalue weighted by molar-refractivity contribution is 5.84. The first-order chi connectivity index (χ1) is 6.47. The summed E-state index contributed by atoms with van der Waals surface area (Å²) in [5, 5.41) is 12.1. The molecule has 82 valence electrons. The molecule has 1 saturated heterocycles. The van der Waals surface area contributed by atoms with Crippen molar-refractivity contribution in [1.82, 2.24) is 5.32 Å². The zero-order valence-corrected chi connectivity index (χ0v) is 8.74. The van der Waals surface area contributed by atoms with Crippen LogP contribution in [0.3, 0.4) is 0 Å². The molecule has 1 aliphatic rings. The molecule has 0 aromatic heterocycles. The molecule has 2 unspecified atom stereocenters. The van der Waals surface area contributed by atoms with Crippen LogP contribution in [0.5, 0.6) is 0 Å². The molecule has 1 fully saturated rings. The average Bonchev–Trinajstić information content (AvgIpc) is 2.52. The van der Waals surface area contributed by atoms with Gasteiger partial charge in [0.05, 0.1) is 25.4 Å². The van der Waals surface area contributed by atoms with Crippen LogP contribution in [-0.4, -0.2) is 49.1 Å². The lowest BCUT2D eigenvalue weighted by Gasteiger charge is -2.24. The van der Waals surface area contributed by atoms with E-state index in [-0.39, 0.29) is 18.6 Å². The Hall–Kier alpha value is -0.650. The minimum atomic E-state index is -0.873. The van der Waals surface area contributed by atoms with Gasteiger partial charge >= 0.3 is 0 Å². The highest BCUT2D eigenvalue weighted by atomic mass is 16.5. The lowest BCUT2D eigenvalue weighted by atomic mass is 10.1. The van der Waals surface area contributed by atoms with E-state index in [1.807, 2.05) is 0 Å². The Labute approximate surface area is 83.4 Å². The molecular formula is C9H17NO4. The Morgan fingerprint density at radius 2 is 2.21 bits per heavy atom. The number of carbonyl (C=O) groups is 1. The van der Waals surface area contributed by atoms with E-state index in [2.05, 4.69) is 5.32 Å². The number of ether oxygens (including phenoxy) is 2. The van der Waals surface area contributed by atoms with Crippen LogP contribution in [0.2, 0.25) is 0 Å². The smallest absolute Gasteiger partial charge is 0.252 e. The summed E-state index contributed by atoms with van der Waals surface area (Å²) in [6.45, 7) is 3.97. The fourth-order valence-electron chi connectivity index (χ4n) is 1.12. The first-order valence-electron chi connectivity index (χ1n) is 4.59. The summed E-state index contributed by atoms with van der Waals surface area (Å²) in [6.07, 6.45) is -0.619. The molecule has 0 aromatic carbocycles. The second-order valence-corrected chi connectivity index (χ2v) is 3.90. The van der Waals surface area contributed by atoms with Crippen molar-refractivity contribution in [2.24, 2.45) is 0 Å². The van der Waals surface area contributed by atoms with E-state index in [9.17, 15) is 9.90 Å². The molecule has 1 rings (SSSR count). The number of hydrogen-bond acceptors (Lipinski definition) is 4. The van der Waals surface area contributed by atoms with Crippen LogP contribution in [0.25, 0.3) is 0 Å². The highest BCUT2D eigenvalue weighted by Gasteiger charge is 2.33. The maximum atomic E-state index is 11.6. The molecule has 0 aromatic rings. The Morgan fingerprint density at radius 1 is 1.57 bits per heavy atom. The largest absolute Gasteiger partial charge is 0.388 e. The molecule has 0 bridgehead atoms. The lowest BCUT2D eigenvalue weighted by Crippen LogP contribution is -2.51. The first-order valence-corrected chi connectivity index (χ1v) is 4.59. The first kappa shape index (κ1) is 11.4. The van der Waals surface area contributed by atoms with E-state index in [0.29, 0.717) is 6.61 Å². The third-order valence-corrected chi connectivity index (χ3v) is 2.42. The second kappa shape index (κ2) is 4.25. The summed E-state index contributed by atoms with van der Waals surface area (Å²) in [5.74, 6) is -0.241. The predicted octanol–water partition coefficient (Wildman–Crippen LogP) is -0.713. The van der Waals surface area contributed by atoms with Crippen LogP contribution in [-0.2, 0) is 14.3 Å². The zero-order chi connectivity index (χ0) is 10.8. The van der Waals surface area contributed by atoms with Crippen LogP contribution < -0.4 is 5.32 Å². The van der Waals surface area contributed by atoms with Crippen molar-refractivity contribution in [1.29, 1.82) is 0 Å². The minimum absolute atomic E-state index is 0.241. The quantitative estimate of drug-likeness (QED) is 0.635. The monoisotopic (exact) mass is 203 g/mol. The number of rotatable bonds is 3. The van der Waals surface area contributed by atoms with Gasteiger partial charge in [0.1, 0.15) is 5.60 Å². The Balaban J connectivity index is 2.48. The van der Waals surface area contributed by atoms with Crippen molar-refractivity contribution in [3.05, 3.63) is 0 Å². The summed E-state index contributed by atoms with van der Waals surface area (Å²) in [7, 11) is 1.47. The van der Waals surface area contributed by atoms with Crippen LogP contribution in [0.4, 0.5) is 0 Å². The summed E-state index contributed by atoms with van der Waals surface area (Å²) in [5.41, 5.74) is -0.873. The normalized spacial score (nSPS) is 27.7. The standard InChI is InChI=1S/C9H17NO4/c1-9(2,13-3)8(12)10-6-4-14-5-7(6)11/h6-7,11H,4-5H2,1-3H3,(H,10,12). The SMILES string of the molecule is COC(C)(C)C(=O)NC1COCC1O. The molecule has 0 spiro atoms. The number of nitrogens with one attached hydrogen (secondary N) is 1. The van der Waals surface area contributed by atoms with Crippen molar-refractivity contribution < 1.29 is 19.4 Å². The molecule has 14 heavy (non-hydrogen) atoms. The second-order valence-electron chi connectivity index (χ2n) is 3.90. The van der Waals surface area contributed by atoms with Gasteiger partial charge in [-0.1, -0.05) is 0 Å². The topological polar surface area (TPSA) is 67.8 Å². The molecule has 5 heteroatoms. The molecule has 1 amide bonds. The van der Waals surface area contributed by atoms with Gasteiger partial charge in [0, 0.05) is 7.11 Å². The fraction of sp³-hybridized carbons (Fsp3) is 0.889. The van der Waals surface area contributed by atoms with Crippen molar-refractivity contribution >= 4 is 5.91 Å². The van der Waals surface area contributed by atoms with Crippen molar-refractivity contribution in [2.45, 2.75) is 31.6 Å². The third kappa shape index (κ3) is 2.43. The highest BCUT2D eigenvalue weighted by Crippen LogP contribution is 2.10. The van der Waals surface area contributed by atoms with Gasteiger partial charge in [-0.15, -0.1) is 0 Å². The molecule has 1 aliphatic heterocycles. The summed E-state index contributed by atoms with van der Waals surface area (Å²) >= 11 is 0. The van der Waals surface area contributed by atoms with Crippen LogP contribution in [0, 0.1) is 0 Å². The summed E-state index contributed by atoms with van der Waals surface area (Å²) < 4.78 is 10.0. The van der Waals surface area contributed by atoms with Crippen molar-refractivity contribution in [2.75, 3.05) is 20.3 Å².